The van der Waals surface area contributed by atoms with E-state index in [-0.39, 0.29) is 5.54 Å². The number of rotatable bonds is 6. The number of nitrogens with zero attached hydrogens (tertiary/aromatic N) is 2. The maximum atomic E-state index is 4.73. The summed E-state index contributed by atoms with van der Waals surface area (Å²) in [5.74, 6) is 0. The molecule has 1 aromatic heterocycles. The lowest BCUT2D eigenvalue weighted by Gasteiger charge is -2.34. The molecule has 0 bridgehead atoms. The van der Waals surface area contributed by atoms with E-state index in [1.165, 1.54) is 23.4 Å². The highest BCUT2D eigenvalue weighted by atomic mass is 32.1. The molecule has 18 heavy (non-hydrogen) atoms. The van der Waals surface area contributed by atoms with Crippen LogP contribution in [0.2, 0.25) is 0 Å². The summed E-state index contributed by atoms with van der Waals surface area (Å²) in [6, 6.07) is 0.764. The van der Waals surface area contributed by atoms with Gasteiger partial charge in [-0.1, -0.05) is 6.92 Å². The number of thiazole rings is 1. The van der Waals surface area contributed by atoms with Gasteiger partial charge in [-0.15, -0.1) is 11.3 Å². The van der Waals surface area contributed by atoms with Gasteiger partial charge in [0.1, 0.15) is 0 Å². The van der Waals surface area contributed by atoms with Gasteiger partial charge in [0.2, 0.25) is 0 Å². The van der Waals surface area contributed by atoms with Crippen LogP contribution in [0.15, 0.2) is 0 Å². The maximum absolute atomic E-state index is 4.73. The molecule has 4 heteroatoms. The predicted molar refractivity (Wildman–Crippen MR) is 79.5 cm³/mol. The third-order valence-electron chi connectivity index (χ3n) is 4.07. The van der Waals surface area contributed by atoms with Crippen molar-refractivity contribution in [1.29, 1.82) is 0 Å². The summed E-state index contributed by atoms with van der Waals surface area (Å²) in [6.07, 6.45) is 3.80. The maximum Gasteiger partial charge on any atom is 0.185 e. The zero-order valence-electron chi connectivity index (χ0n) is 12.2. The molecule has 3 nitrogen and oxygen atoms in total. The molecule has 0 saturated heterocycles. The average molecular weight is 267 g/mol. The van der Waals surface area contributed by atoms with Crippen molar-refractivity contribution in [2.75, 3.05) is 11.9 Å². The van der Waals surface area contributed by atoms with Gasteiger partial charge in [-0.05, 0) is 40.0 Å². The Balaban J connectivity index is 2.06. The predicted octanol–water partition coefficient (Wildman–Crippen LogP) is 3.33. The smallest absolute Gasteiger partial charge is 0.185 e. The summed E-state index contributed by atoms with van der Waals surface area (Å²) >= 11 is 1.83. The van der Waals surface area contributed by atoms with E-state index >= 15 is 0 Å². The SMILES string of the molecule is CCC(C)(C)N(C)c1nc(C)c(CNC2CC2)s1. The zero-order valence-corrected chi connectivity index (χ0v) is 13.0. The highest BCUT2D eigenvalue weighted by Gasteiger charge is 2.25. The number of nitrogens with one attached hydrogen (secondary N) is 1. The van der Waals surface area contributed by atoms with Crippen LogP contribution in [0.25, 0.3) is 0 Å². The van der Waals surface area contributed by atoms with Crippen LogP contribution in [-0.4, -0.2) is 23.6 Å². The van der Waals surface area contributed by atoms with Crippen LogP contribution in [-0.2, 0) is 6.54 Å². The highest BCUT2D eigenvalue weighted by Crippen LogP contribution is 2.31. The highest BCUT2D eigenvalue weighted by molar-refractivity contribution is 7.15. The van der Waals surface area contributed by atoms with E-state index < -0.39 is 0 Å². The molecule has 1 aliphatic rings. The first-order valence-electron chi connectivity index (χ1n) is 6.87. The van der Waals surface area contributed by atoms with Crippen molar-refractivity contribution < 1.29 is 0 Å². The van der Waals surface area contributed by atoms with Crippen molar-refractivity contribution in [3.8, 4) is 0 Å². The second-order valence-electron chi connectivity index (χ2n) is 5.89. The molecule has 1 aromatic rings. The monoisotopic (exact) mass is 267 g/mol. The van der Waals surface area contributed by atoms with Crippen LogP contribution in [0.3, 0.4) is 0 Å². The van der Waals surface area contributed by atoms with Crippen molar-refractivity contribution >= 4 is 16.5 Å². The lowest BCUT2D eigenvalue weighted by Crippen LogP contribution is -2.40. The standard InChI is InChI=1S/C14H25N3S/c1-6-14(3,4)17(5)13-16-10(2)12(18-13)9-15-11-7-8-11/h11,15H,6-9H2,1-5H3. The average Bonchev–Trinajstić information content (AvgIpc) is 3.09. The Kier molecular flexibility index (Phi) is 3.97. The molecular weight excluding hydrogens is 242 g/mol. The summed E-state index contributed by atoms with van der Waals surface area (Å²) < 4.78 is 0. The van der Waals surface area contributed by atoms with Gasteiger partial charge in [0.05, 0.1) is 5.69 Å². The third-order valence-corrected chi connectivity index (χ3v) is 5.30. The number of aryl methyl sites for hydroxylation is 1. The Morgan fingerprint density at radius 1 is 1.44 bits per heavy atom. The Bertz CT molecular complexity index is 407. The van der Waals surface area contributed by atoms with Gasteiger partial charge in [0, 0.05) is 30.1 Å². The van der Waals surface area contributed by atoms with Crippen molar-refractivity contribution in [3.05, 3.63) is 10.6 Å². The summed E-state index contributed by atoms with van der Waals surface area (Å²) in [7, 11) is 2.15. The number of hydrogen-bond donors (Lipinski definition) is 1. The lowest BCUT2D eigenvalue weighted by atomic mass is 10.0. The Morgan fingerprint density at radius 2 is 2.11 bits per heavy atom. The largest absolute Gasteiger partial charge is 0.346 e. The Hall–Kier alpha value is -0.610. The first kappa shape index (κ1) is 13.8. The topological polar surface area (TPSA) is 28.2 Å². The second kappa shape index (κ2) is 5.17. The van der Waals surface area contributed by atoms with E-state index in [0.717, 1.165) is 24.1 Å². The molecule has 1 fully saturated rings. The van der Waals surface area contributed by atoms with Crippen LogP contribution in [0, 0.1) is 6.92 Å². The molecule has 0 radical (unpaired) electrons. The minimum absolute atomic E-state index is 0.172. The second-order valence-corrected chi connectivity index (χ2v) is 6.95. The summed E-state index contributed by atoms with van der Waals surface area (Å²) in [6.45, 7) is 9.87. The van der Waals surface area contributed by atoms with Crippen molar-refractivity contribution in [1.82, 2.24) is 10.3 Å². The van der Waals surface area contributed by atoms with E-state index in [4.69, 9.17) is 4.98 Å². The summed E-state index contributed by atoms with van der Waals surface area (Å²) in [4.78, 5) is 8.42. The molecule has 0 spiro atoms. The van der Waals surface area contributed by atoms with Crippen LogP contribution < -0.4 is 10.2 Å². The molecule has 1 N–H and O–H groups in total. The third kappa shape index (κ3) is 3.04. The fraction of sp³-hybridized carbons (Fsp3) is 0.786. The van der Waals surface area contributed by atoms with E-state index in [1.807, 2.05) is 11.3 Å². The number of anilines is 1. The first-order valence-corrected chi connectivity index (χ1v) is 7.69. The minimum atomic E-state index is 0.172. The molecule has 1 aliphatic carbocycles. The number of hydrogen-bond acceptors (Lipinski definition) is 4. The van der Waals surface area contributed by atoms with Crippen LogP contribution in [0.4, 0.5) is 5.13 Å². The van der Waals surface area contributed by atoms with Crippen molar-refractivity contribution in [2.45, 2.75) is 65.1 Å². The van der Waals surface area contributed by atoms with Crippen LogP contribution in [0.5, 0.6) is 0 Å². The van der Waals surface area contributed by atoms with Crippen molar-refractivity contribution in [3.63, 3.8) is 0 Å². The Labute approximate surface area is 115 Å². The lowest BCUT2D eigenvalue weighted by molar-refractivity contribution is 0.470. The van der Waals surface area contributed by atoms with Gasteiger partial charge >= 0.3 is 0 Å². The Morgan fingerprint density at radius 3 is 2.67 bits per heavy atom. The number of aromatic nitrogens is 1. The molecule has 0 unspecified atom stereocenters. The van der Waals surface area contributed by atoms with Gasteiger partial charge < -0.3 is 10.2 Å². The fourth-order valence-electron chi connectivity index (χ4n) is 1.74. The first-order chi connectivity index (χ1) is 8.44. The minimum Gasteiger partial charge on any atom is -0.346 e. The van der Waals surface area contributed by atoms with E-state index in [2.05, 4.69) is 45.0 Å². The summed E-state index contributed by atoms with van der Waals surface area (Å²) in [5, 5.41) is 4.72. The van der Waals surface area contributed by atoms with Crippen molar-refractivity contribution in [2.24, 2.45) is 0 Å². The van der Waals surface area contributed by atoms with Crippen LogP contribution in [0.1, 0.15) is 50.6 Å². The van der Waals surface area contributed by atoms with E-state index in [9.17, 15) is 0 Å². The molecule has 0 aliphatic heterocycles. The molecule has 0 amide bonds. The van der Waals surface area contributed by atoms with E-state index in [1.54, 1.807) is 0 Å². The molecular formula is C14H25N3S. The summed E-state index contributed by atoms with van der Waals surface area (Å²) in [5.41, 5.74) is 1.35. The molecule has 0 atom stereocenters. The van der Waals surface area contributed by atoms with Gasteiger partial charge in [0.15, 0.2) is 5.13 Å². The molecule has 1 heterocycles. The van der Waals surface area contributed by atoms with Gasteiger partial charge in [0.25, 0.3) is 0 Å². The fourth-order valence-corrected chi connectivity index (χ4v) is 2.88. The quantitative estimate of drug-likeness (QED) is 0.857. The van der Waals surface area contributed by atoms with Crippen LogP contribution >= 0.6 is 11.3 Å². The molecule has 1 saturated carbocycles. The normalized spacial score (nSPS) is 16.1. The van der Waals surface area contributed by atoms with Gasteiger partial charge in [-0.25, -0.2) is 4.98 Å². The van der Waals surface area contributed by atoms with Gasteiger partial charge in [-0.3, -0.25) is 0 Å². The molecule has 102 valence electrons. The molecule has 0 aromatic carbocycles. The van der Waals surface area contributed by atoms with E-state index in [0.29, 0.717) is 0 Å². The molecule has 2 rings (SSSR count). The zero-order chi connectivity index (χ0) is 13.3. The van der Waals surface area contributed by atoms with Gasteiger partial charge in [-0.2, -0.15) is 0 Å².